The molecular formula is C19H19FN2O3. The molecule has 1 saturated heterocycles. The maximum atomic E-state index is 14.2. The third-order valence-corrected chi connectivity index (χ3v) is 5.36. The van der Waals surface area contributed by atoms with Gasteiger partial charge in [0.2, 0.25) is 17.7 Å². The van der Waals surface area contributed by atoms with Gasteiger partial charge in [-0.3, -0.25) is 19.3 Å². The molecule has 0 saturated carbocycles. The summed E-state index contributed by atoms with van der Waals surface area (Å²) in [6, 6.07) is 4.77. The van der Waals surface area contributed by atoms with Crippen LogP contribution >= 0.6 is 0 Å². The Bertz CT molecular complexity index is 763. The highest BCUT2D eigenvalue weighted by molar-refractivity contribution is 6.09. The van der Waals surface area contributed by atoms with Gasteiger partial charge < -0.3 is 4.90 Å². The van der Waals surface area contributed by atoms with Crippen molar-refractivity contribution in [2.24, 2.45) is 11.8 Å². The van der Waals surface area contributed by atoms with Gasteiger partial charge in [0.15, 0.2) is 0 Å². The van der Waals surface area contributed by atoms with Crippen LogP contribution in [-0.4, -0.2) is 35.7 Å². The first-order valence-corrected chi connectivity index (χ1v) is 8.66. The minimum Gasteiger partial charge on any atom is -0.308 e. The molecule has 0 N–H and O–H groups in total. The van der Waals surface area contributed by atoms with Crippen molar-refractivity contribution in [1.29, 1.82) is 0 Å². The van der Waals surface area contributed by atoms with E-state index < -0.39 is 11.7 Å². The zero-order valence-electron chi connectivity index (χ0n) is 13.8. The quantitative estimate of drug-likeness (QED) is 0.611. The lowest BCUT2D eigenvalue weighted by molar-refractivity contribution is -0.143. The van der Waals surface area contributed by atoms with Gasteiger partial charge in [0.25, 0.3) is 0 Å². The van der Waals surface area contributed by atoms with E-state index in [1.165, 1.54) is 11.0 Å². The van der Waals surface area contributed by atoms with E-state index in [1.807, 2.05) is 18.2 Å². The number of allylic oxidation sites excluding steroid dienone is 2. The van der Waals surface area contributed by atoms with Gasteiger partial charge in [0.1, 0.15) is 12.4 Å². The van der Waals surface area contributed by atoms with Crippen molar-refractivity contribution in [3.05, 3.63) is 41.7 Å². The van der Waals surface area contributed by atoms with Gasteiger partial charge in [-0.25, -0.2) is 4.39 Å². The molecule has 0 bridgehead atoms. The SMILES string of the molecule is O=C1[C@H]2CC=CC[C@@H]2C(=O)N1CC(=O)N1CCCc2cccc(F)c21. The monoisotopic (exact) mass is 342 g/mol. The molecule has 0 aromatic heterocycles. The highest BCUT2D eigenvalue weighted by Crippen LogP contribution is 2.35. The number of rotatable bonds is 2. The average Bonchev–Trinajstić information content (AvgIpc) is 2.87. The number of amides is 3. The number of halogens is 1. The zero-order chi connectivity index (χ0) is 17.6. The molecule has 130 valence electrons. The fourth-order valence-electron chi connectivity index (χ4n) is 4.10. The molecule has 6 heteroatoms. The van der Waals surface area contributed by atoms with Crippen molar-refractivity contribution < 1.29 is 18.8 Å². The third-order valence-electron chi connectivity index (χ3n) is 5.36. The van der Waals surface area contributed by atoms with E-state index in [-0.39, 0.29) is 35.9 Å². The Hall–Kier alpha value is -2.50. The topological polar surface area (TPSA) is 57.7 Å². The summed E-state index contributed by atoms with van der Waals surface area (Å²) in [6.07, 6.45) is 6.36. The number of carbonyl (C=O) groups excluding carboxylic acids is 3. The predicted octanol–water partition coefficient (Wildman–Crippen LogP) is 2.06. The van der Waals surface area contributed by atoms with Gasteiger partial charge in [0, 0.05) is 6.54 Å². The predicted molar refractivity (Wildman–Crippen MR) is 89.1 cm³/mol. The number of benzene rings is 1. The van der Waals surface area contributed by atoms with E-state index in [1.54, 1.807) is 6.07 Å². The minimum absolute atomic E-state index is 0.279. The van der Waals surface area contributed by atoms with E-state index in [9.17, 15) is 18.8 Å². The summed E-state index contributed by atoms with van der Waals surface area (Å²) in [5.41, 5.74) is 1.08. The van der Waals surface area contributed by atoms with Gasteiger partial charge in [-0.15, -0.1) is 0 Å². The molecule has 25 heavy (non-hydrogen) atoms. The van der Waals surface area contributed by atoms with E-state index >= 15 is 0 Å². The number of nitrogens with zero attached hydrogens (tertiary/aromatic N) is 2. The summed E-state index contributed by atoms with van der Waals surface area (Å²) in [5.74, 6) is -2.11. The Morgan fingerprint density at radius 3 is 2.48 bits per heavy atom. The summed E-state index contributed by atoms with van der Waals surface area (Å²) in [4.78, 5) is 40.2. The molecule has 3 aliphatic rings. The lowest BCUT2D eigenvalue weighted by Crippen LogP contribution is -2.45. The van der Waals surface area contributed by atoms with Crippen LogP contribution < -0.4 is 4.90 Å². The molecule has 3 amide bonds. The zero-order valence-corrected chi connectivity index (χ0v) is 13.8. The fraction of sp³-hybridized carbons (Fsp3) is 0.421. The molecule has 2 atom stereocenters. The van der Waals surface area contributed by atoms with Crippen molar-refractivity contribution >= 4 is 23.4 Å². The van der Waals surface area contributed by atoms with Crippen molar-refractivity contribution in [1.82, 2.24) is 4.90 Å². The van der Waals surface area contributed by atoms with Crippen molar-refractivity contribution in [3.63, 3.8) is 0 Å². The van der Waals surface area contributed by atoms with Crippen LogP contribution in [-0.2, 0) is 20.8 Å². The first-order chi connectivity index (χ1) is 12.1. The maximum Gasteiger partial charge on any atom is 0.247 e. The highest BCUT2D eigenvalue weighted by atomic mass is 19.1. The molecule has 1 aromatic carbocycles. The smallest absolute Gasteiger partial charge is 0.247 e. The van der Waals surface area contributed by atoms with E-state index in [4.69, 9.17) is 0 Å². The van der Waals surface area contributed by atoms with Crippen LogP contribution in [0.2, 0.25) is 0 Å². The minimum atomic E-state index is -0.442. The first kappa shape index (κ1) is 16.0. The number of hydrogen-bond donors (Lipinski definition) is 0. The van der Waals surface area contributed by atoms with Crippen LogP contribution in [0.3, 0.4) is 0 Å². The average molecular weight is 342 g/mol. The van der Waals surface area contributed by atoms with E-state index in [0.717, 1.165) is 16.9 Å². The highest BCUT2D eigenvalue weighted by Gasteiger charge is 2.48. The lowest BCUT2D eigenvalue weighted by Gasteiger charge is -2.31. The van der Waals surface area contributed by atoms with E-state index in [0.29, 0.717) is 25.8 Å². The maximum absolute atomic E-state index is 14.2. The molecule has 1 fully saturated rings. The number of hydrogen-bond acceptors (Lipinski definition) is 3. The largest absolute Gasteiger partial charge is 0.308 e. The number of carbonyl (C=O) groups is 3. The molecule has 1 aromatic rings. The Balaban J connectivity index is 1.56. The van der Waals surface area contributed by atoms with Crippen molar-refractivity contribution in [2.45, 2.75) is 25.7 Å². The molecule has 0 radical (unpaired) electrons. The fourth-order valence-corrected chi connectivity index (χ4v) is 4.10. The number of fused-ring (bicyclic) bond motifs is 2. The summed E-state index contributed by atoms with van der Waals surface area (Å²) >= 11 is 0. The Labute approximate surface area is 145 Å². The number of aryl methyl sites for hydroxylation is 1. The lowest BCUT2D eigenvalue weighted by atomic mass is 9.85. The second kappa shape index (κ2) is 6.10. The molecule has 5 nitrogen and oxygen atoms in total. The van der Waals surface area contributed by atoms with Crippen LogP contribution in [0.4, 0.5) is 10.1 Å². The van der Waals surface area contributed by atoms with Gasteiger partial charge in [-0.05, 0) is 37.3 Å². The molecular weight excluding hydrogens is 323 g/mol. The van der Waals surface area contributed by atoms with Crippen LogP contribution in [0.1, 0.15) is 24.8 Å². The summed E-state index contributed by atoms with van der Waals surface area (Å²) < 4.78 is 14.2. The van der Waals surface area contributed by atoms with Crippen LogP contribution in [0.15, 0.2) is 30.4 Å². The van der Waals surface area contributed by atoms with Gasteiger partial charge >= 0.3 is 0 Å². The molecule has 2 heterocycles. The van der Waals surface area contributed by atoms with Crippen LogP contribution in [0.5, 0.6) is 0 Å². The van der Waals surface area contributed by atoms with Crippen LogP contribution in [0, 0.1) is 17.7 Å². The summed E-state index contributed by atoms with van der Waals surface area (Å²) in [5, 5.41) is 0. The number of anilines is 1. The third kappa shape index (κ3) is 2.56. The molecule has 2 aliphatic heterocycles. The number of likely N-dealkylation sites (tertiary alicyclic amines) is 1. The van der Waals surface area contributed by atoms with Gasteiger partial charge in [0.05, 0.1) is 17.5 Å². The molecule has 4 rings (SSSR count). The van der Waals surface area contributed by atoms with Crippen molar-refractivity contribution in [3.8, 4) is 0 Å². The summed E-state index contributed by atoms with van der Waals surface area (Å²) in [7, 11) is 0. The Morgan fingerprint density at radius 2 is 1.80 bits per heavy atom. The van der Waals surface area contributed by atoms with Gasteiger partial charge in [-0.1, -0.05) is 24.3 Å². The number of imide groups is 1. The van der Waals surface area contributed by atoms with E-state index in [2.05, 4.69) is 0 Å². The van der Waals surface area contributed by atoms with Gasteiger partial charge in [-0.2, -0.15) is 0 Å². The Morgan fingerprint density at radius 1 is 1.12 bits per heavy atom. The molecule has 0 unspecified atom stereocenters. The number of para-hydroxylation sites is 1. The normalized spacial score (nSPS) is 25.2. The van der Waals surface area contributed by atoms with Crippen LogP contribution in [0.25, 0.3) is 0 Å². The molecule has 1 aliphatic carbocycles. The first-order valence-electron chi connectivity index (χ1n) is 8.66. The van der Waals surface area contributed by atoms with Crippen molar-refractivity contribution in [2.75, 3.05) is 18.0 Å². The Kier molecular flexibility index (Phi) is 3.90. The second-order valence-corrected chi connectivity index (χ2v) is 6.81. The second-order valence-electron chi connectivity index (χ2n) is 6.81. The summed E-state index contributed by atoms with van der Waals surface area (Å²) in [6.45, 7) is 0.0931. The molecule has 0 spiro atoms. The standard InChI is InChI=1S/C19H19FN2O3/c20-15-9-3-5-12-6-4-10-21(17(12)15)16(23)11-22-18(24)13-7-1-2-8-14(13)19(22)25/h1-3,5,9,13-14H,4,6-8,10-11H2/t13-,14-/m0/s1.